The first-order valence-corrected chi connectivity index (χ1v) is 5.30. The Kier molecular flexibility index (Phi) is 2.32. The lowest BCUT2D eigenvalue weighted by atomic mass is 10.1. The van der Waals surface area contributed by atoms with Crippen molar-refractivity contribution in [2.45, 2.75) is 19.2 Å². The summed E-state index contributed by atoms with van der Waals surface area (Å²) in [5.74, 6) is 0. The van der Waals surface area contributed by atoms with Gasteiger partial charge in [0.05, 0.1) is 0 Å². The van der Waals surface area contributed by atoms with Gasteiger partial charge in [0.1, 0.15) is 5.37 Å². The molecule has 68 valence electrons. The third-order valence-electron chi connectivity index (χ3n) is 2.12. The number of allylic oxidation sites excluding steroid dienone is 1. The van der Waals surface area contributed by atoms with E-state index in [9.17, 15) is 0 Å². The lowest BCUT2D eigenvalue weighted by Gasteiger charge is -2.10. The molecule has 0 radical (unpaired) electrons. The highest BCUT2D eigenvalue weighted by Gasteiger charge is 2.15. The minimum Gasteiger partial charge on any atom is -0.375 e. The highest BCUT2D eigenvalue weighted by molar-refractivity contribution is 8.03. The molecule has 1 N–H and O–H groups in total. The van der Waals surface area contributed by atoms with Crippen LogP contribution in [-0.2, 0) is 0 Å². The number of hydrogen-bond acceptors (Lipinski definition) is 2. The Morgan fingerprint density at radius 2 is 1.85 bits per heavy atom. The van der Waals surface area contributed by atoms with Crippen LogP contribution in [0.2, 0.25) is 0 Å². The van der Waals surface area contributed by atoms with Crippen molar-refractivity contribution in [2.75, 3.05) is 0 Å². The quantitative estimate of drug-likeness (QED) is 0.731. The summed E-state index contributed by atoms with van der Waals surface area (Å²) in [6.07, 6.45) is 2.08. The average molecular weight is 191 g/mol. The summed E-state index contributed by atoms with van der Waals surface area (Å²) >= 11 is 1.87. The summed E-state index contributed by atoms with van der Waals surface area (Å²) in [5, 5.41) is 3.76. The zero-order chi connectivity index (χ0) is 9.26. The maximum Gasteiger partial charge on any atom is 0.102 e. The lowest BCUT2D eigenvalue weighted by molar-refractivity contribution is 0.860. The second-order valence-electron chi connectivity index (χ2n) is 3.33. The van der Waals surface area contributed by atoms with Crippen LogP contribution in [0.4, 0.5) is 0 Å². The molecule has 0 fully saturated rings. The molecule has 1 heterocycles. The molecular weight excluding hydrogens is 178 g/mol. The van der Waals surface area contributed by atoms with Crippen molar-refractivity contribution < 1.29 is 0 Å². The fraction of sp³-hybridized carbons (Fsp3) is 0.273. The van der Waals surface area contributed by atoms with Gasteiger partial charge in [-0.25, -0.2) is 0 Å². The number of benzene rings is 1. The number of rotatable bonds is 1. The van der Waals surface area contributed by atoms with Crippen molar-refractivity contribution >= 4 is 11.8 Å². The molecule has 1 atom stereocenters. The summed E-state index contributed by atoms with van der Waals surface area (Å²) in [6.45, 7) is 4.24. The van der Waals surface area contributed by atoms with E-state index < -0.39 is 0 Å². The maximum atomic E-state index is 3.34. The number of aryl methyl sites for hydroxylation is 1. The minimum atomic E-state index is 0.417. The molecule has 0 aliphatic carbocycles. The first-order valence-electron chi connectivity index (χ1n) is 4.42. The molecule has 1 aliphatic rings. The van der Waals surface area contributed by atoms with Gasteiger partial charge in [0.2, 0.25) is 0 Å². The van der Waals surface area contributed by atoms with E-state index in [-0.39, 0.29) is 0 Å². The molecule has 0 amide bonds. The van der Waals surface area contributed by atoms with Crippen LogP contribution in [0.5, 0.6) is 0 Å². The third-order valence-corrected chi connectivity index (χ3v) is 3.26. The van der Waals surface area contributed by atoms with E-state index in [1.165, 1.54) is 16.0 Å². The summed E-state index contributed by atoms with van der Waals surface area (Å²) < 4.78 is 0. The van der Waals surface area contributed by atoms with E-state index in [1.807, 2.05) is 11.8 Å². The predicted molar refractivity (Wildman–Crippen MR) is 58.4 cm³/mol. The van der Waals surface area contributed by atoms with Crippen LogP contribution in [0, 0.1) is 6.92 Å². The SMILES string of the molecule is CC1=CNC(c2ccc(C)cc2)S1. The van der Waals surface area contributed by atoms with Crippen LogP contribution in [0.3, 0.4) is 0 Å². The summed E-state index contributed by atoms with van der Waals surface area (Å²) in [4.78, 5) is 1.35. The fourth-order valence-electron chi connectivity index (χ4n) is 1.35. The third kappa shape index (κ3) is 1.89. The van der Waals surface area contributed by atoms with Gasteiger partial charge in [-0.15, -0.1) is 0 Å². The molecule has 0 saturated heterocycles. The molecule has 0 spiro atoms. The average Bonchev–Trinajstić information content (AvgIpc) is 2.53. The van der Waals surface area contributed by atoms with Crippen molar-refractivity contribution in [1.29, 1.82) is 0 Å². The molecule has 1 aliphatic heterocycles. The van der Waals surface area contributed by atoms with Gasteiger partial charge in [0.25, 0.3) is 0 Å². The second kappa shape index (κ2) is 3.46. The Hall–Kier alpha value is -0.890. The van der Waals surface area contributed by atoms with E-state index >= 15 is 0 Å². The molecule has 0 aromatic heterocycles. The summed E-state index contributed by atoms with van der Waals surface area (Å²) in [6, 6.07) is 8.69. The Labute approximate surface area is 83.2 Å². The van der Waals surface area contributed by atoms with E-state index in [4.69, 9.17) is 0 Å². The smallest absolute Gasteiger partial charge is 0.102 e. The number of nitrogens with one attached hydrogen (secondary N) is 1. The fourth-order valence-corrected chi connectivity index (χ4v) is 2.29. The van der Waals surface area contributed by atoms with Gasteiger partial charge in [0.15, 0.2) is 0 Å². The predicted octanol–water partition coefficient (Wildman–Crippen LogP) is 3.19. The normalized spacial score (nSPS) is 21.1. The van der Waals surface area contributed by atoms with Gasteiger partial charge in [-0.3, -0.25) is 0 Å². The van der Waals surface area contributed by atoms with Crippen LogP contribution < -0.4 is 5.32 Å². The number of thioether (sulfide) groups is 1. The van der Waals surface area contributed by atoms with Gasteiger partial charge < -0.3 is 5.32 Å². The summed E-state index contributed by atoms with van der Waals surface area (Å²) in [5.41, 5.74) is 2.67. The molecule has 0 saturated carbocycles. The standard InChI is InChI=1S/C11H13NS/c1-8-3-5-10(6-4-8)11-12-7-9(2)13-11/h3-7,11-12H,1-2H3. The Balaban J connectivity index is 2.14. The molecule has 2 heteroatoms. The number of hydrogen-bond donors (Lipinski definition) is 1. The van der Waals surface area contributed by atoms with Crippen molar-refractivity contribution in [1.82, 2.24) is 5.32 Å². The Morgan fingerprint density at radius 1 is 1.15 bits per heavy atom. The van der Waals surface area contributed by atoms with Gasteiger partial charge in [-0.1, -0.05) is 41.6 Å². The largest absolute Gasteiger partial charge is 0.375 e. The molecule has 13 heavy (non-hydrogen) atoms. The Morgan fingerprint density at radius 3 is 2.38 bits per heavy atom. The molecule has 1 aromatic rings. The minimum absolute atomic E-state index is 0.417. The van der Waals surface area contributed by atoms with Gasteiger partial charge in [0, 0.05) is 6.20 Å². The van der Waals surface area contributed by atoms with Crippen molar-refractivity contribution in [2.24, 2.45) is 0 Å². The second-order valence-corrected chi connectivity index (χ2v) is 4.68. The molecule has 1 aromatic carbocycles. The van der Waals surface area contributed by atoms with Crippen LogP contribution in [-0.4, -0.2) is 0 Å². The monoisotopic (exact) mass is 191 g/mol. The Bertz CT molecular complexity index is 326. The molecule has 1 nitrogen and oxygen atoms in total. The highest BCUT2D eigenvalue weighted by atomic mass is 32.2. The van der Waals surface area contributed by atoms with Crippen molar-refractivity contribution in [3.8, 4) is 0 Å². The van der Waals surface area contributed by atoms with Crippen LogP contribution in [0.1, 0.15) is 23.4 Å². The van der Waals surface area contributed by atoms with Crippen LogP contribution in [0.25, 0.3) is 0 Å². The van der Waals surface area contributed by atoms with Gasteiger partial charge in [-0.2, -0.15) is 0 Å². The van der Waals surface area contributed by atoms with E-state index in [0.717, 1.165) is 0 Å². The van der Waals surface area contributed by atoms with E-state index in [0.29, 0.717) is 5.37 Å². The zero-order valence-corrected chi connectivity index (χ0v) is 8.69. The maximum absolute atomic E-state index is 3.34. The van der Waals surface area contributed by atoms with Crippen LogP contribution >= 0.6 is 11.8 Å². The highest BCUT2D eigenvalue weighted by Crippen LogP contribution is 2.36. The zero-order valence-electron chi connectivity index (χ0n) is 7.87. The lowest BCUT2D eigenvalue weighted by Crippen LogP contribution is -2.06. The van der Waals surface area contributed by atoms with Gasteiger partial charge in [-0.05, 0) is 24.3 Å². The van der Waals surface area contributed by atoms with Crippen molar-refractivity contribution in [3.63, 3.8) is 0 Å². The first-order chi connectivity index (χ1) is 6.25. The van der Waals surface area contributed by atoms with Gasteiger partial charge >= 0.3 is 0 Å². The molecular formula is C11H13NS. The molecule has 1 unspecified atom stereocenters. The molecule has 2 rings (SSSR count). The molecule has 0 bridgehead atoms. The topological polar surface area (TPSA) is 12.0 Å². The summed E-state index contributed by atoms with van der Waals surface area (Å²) in [7, 11) is 0. The van der Waals surface area contributed by atoms with Crippen LogP contribution in [0.15, 0.2) is 35.4 Å². The van der Waals surface area contributed by atoms with E-state index in [2.05, 4.69) is 49.6 Å². The van der Waals surface area contributed by atoms with E-state index in [1.54, 1.807) is 0 Å². The van der Waals surface area contributed by atoms with Crippen molar-refractivity contribution in [3.05, 3.63) is 46.5 Å². The first kappa shape index (κ1) is 8.70.